The summed E-state index contributed by atoms with van der Waals surface area (Å²) < 4.78 is 0. The monoisotopic (exact) mass is 316 g/mol. The summed E-state index contributed by atoms with van der Waals surface area (Å²) in [7, 11) is 0. The Bertz CT molecular complexity index is 717. The first kappa shape index (κ1) is 15.8. The molecule has 1 aliphatic heterocycles. The third kappa shape index (κ3) is 3.17. The lowest BCUT2D eigenvalue weighted by atomic mass is 9.97. The first-order valence-corrected chi connectivity index (χ1v) is 8.07. The molecular formula is C17H24N4O2. The van der Waals surface area contributed by atoms with E-state index in [1.807, 2.05) is 25.1 Å². The standard InChI is InChI=1S/C17H24N4O2/c1-11-6-4-7-12-15(11)20-14(19-12)10-18-16(22)21-9-5-8-13(21)17(2,3)23/h4,6-7,13,23H,5,8-10H2,1-3H3,(H,18,22)(H,19,20)/t13-/m0/s1. The van der Waals surface area contributed by atoms with Crippen molar-refractivity contribution in [2.75, 3.05) is 6.54 Å². The van der Waals surface area contributed by atoms with E-state index < -0.39 is 5.60 Å². The number of urea groups is 1. The van der Waals surface area contributed by atoms with E-state index in [4.69, 9.17) is 0 Å². The second kappa shape index (κ2) is 5.85. The van der Waals surface area contributed by atoms with Gasteiger partial charge in [-0.25, -0.2) is 9.78 Å². The minimum Gasteiger partial charge on any atom is -0.388 e. The number of rotatable bonds is 3. The maximum absolute atomic E-state index is 12.4. The zero-order valence-electron chi connectivity index (χ0n) is 13.9. The highest BCUT2D eigenvalue weighted by molar-refractivity contribution is 5.79. The average molecular weight is 316 g/mol. The number of carbonyl (C=O) groups is 1. The highest BCUT2D eigenvalue weighted by atomic mass is 16.3. The number of aromatic nitrogens is 2. The fourth-order valence-electron chi connectivity index (χ4n) is 3.32. The maximum Gasteiger partial charge on any atom is 0.318 e. The first-order chi connectivity index (χ1) is 10.9. The van der Waals surface area contributed by atoms with Crippen molar-refractivity contribution < 1.29 is 9.90 Å². The van der Waals surface area contributed by atoms with Gasteiger partial charge in [-0.3, -0.25) is 0 Å². The first-order valence-electron chi connectivity index (χ1n) is 8.07. The number of aryl methyl sites for hydroxylation is 1. The third-order valence-electron chi connectivity index (χ3n) is 4.50. The Balaban J connectivity index is 1.67. The average Bonchev–Trinajstić information content (AvgIpc) is 3.11. The number of nitrogens with zero attached hydrogens (tertiary/aromatic N) is 2. The maximum atomic E-state index is 12.4. The summed E-state index contributed by atoms with van der Waals surface area (Å²) in [5, 5.41) is 13.1. The highest BCUT2D eigenvalue weighted by Crippen LogP contribution is 2.26. The molecule has 1 aromatic heterocycles. The summed E-state index contributed by atoms with van der Waals surface area (Å²) in [6.45, 7) is 6.56. The minimum atomic E-state index is -0.885. The molecule has 3 rings (SSSR count). The number of likely N-dealkylation sites (tertiary alicyclic amines) is 1. The molecule has 2 amide bonds. The number of nitrogens with one attached hydrogen (secondary N) is 2. The van der Waals surface area contributed by atoms with Gasteiger partial charge in [0.25, 0.3) is 0 Å². The normalized spacial score (nSPS) is 18.6. The molecule has 124 valence electrons. The van der Waals surface area contributed by atoms with Gasteiger partial charge in [0.15, 0.2) is 0 Å². The fraction of sp³-hybridized carbons (Fsp3) is 0.529. The van der Waals surface area contributed by atoms with E-state index in [0.717, 1.165) is 35.3 Å². The predicted octanol–water partition coefficient (Wildman–Crippen LogP) is 2.32. The van der Waals surface area contributed by atoms with E-state index in [-0.39, 0.29) is 12.1 Å². The number of amides is 2. The molecule has 0 spiro atoms. The lowest BCUT2D eigenvalue weighted by Gasteiger charge is -2.33. The number of hydrogen-bond donors (Lipinski definition) is 3. The number of aliphatic hydroxyl groups is 1. The molecule has 0 saturated carbocycles. The van der Waals surface area contributed by atoms with Crippen LogP contribution in [0.4, 0.5) is 4.79 Å². The zero-order valence-corrected chi connectivity index (χ0v) is 13.9. The molecule has 1 aromatic carbocycles. The molecule has 2 heterocycles. The Hall–Kier alpha value is -2.08. The Kier molecular flexibility index (Phi) is 4.02. The van der Waals surface area contributed by atoms with E-state index in [1.165, 1.54) is 0 Å². The van der Waals surface area contributed by atoms with Crippen LogP contribution in [0.2, 0.25) is 0 Å². The Morgan fingerprint density at radius 2 is 2.30 bits per heavy atom. The molecule has 1 aliphatic rings. The summed E-state index contributed by atoms with van der Waals surface area (Å²) in [6.07, 6.45) is 1.76. The van der Waals surface area contributed by atoms with Crippen LogP contribution < -0.4 is 5.32 Å². The highest BCUT2D eigenvalue weighted by Gasteiger charge is 2.38. The van der Waals surface area contributed by atoms with Crippen molar-refractivity contribution in [2.24, 2.45) is 0 Å². The summed E-state index contributed by atoms with van der Waals surface area (Å²) in [5.41, 5.74) is 2.14. The molecule has 0 bridgehead atoms. The number of aromatic amines is 1. The van der Waals surface area contributed by atoms with Gasteiger partial charge in [-0.2, -0.15) is 0 Å². The molecule has 3 N–H and O–H groups in total. The smallest absolute Gasteiger partial charge is 0.318 e. The number of hydrogen-bond acceptors (Lipinski definition) is 3. The van der Waals surface area contributed by atoms with Gasteiger partial charge in [0, 0.05) is 6.54 Å². The van der Waals surface area contributed by atoms with Gasteiger partial charge in [0.2, 0.25) is 0 Å². The van der Waals surface area contributed by atoms with Gasteiger partial charge < -0.3 is 20.3 Å². The van der Waals surface area contributed by atoms with Crippen LogP contribution in [-0.2, 0) is 6.54 Å². The van der Waals surface area contributed by atoms with E-state index in [9.17, 15) is 9.90 Å². The lowest BCUT2D eigenvalue weighted by Crippen LogP contribution is -2.51. The van der Waals surface area contributed by atoms with Crippen molar-refractivity contribution in [3.05, 3.63) is 29.6 Å². The Labute approximate surface area is 135 Å². The van der Waals surface area contributed by atoms with Gasteiger partial charge in [-0.1, -0.05) is 12.1 Å². The lowest BCUT2D eigenvalue weighted by molar-refractivity contribution is 0.00977. The summed E-state index contributed by atoms with van der Waals surface area (Å²) in [4.78, 5) is 21.9. The second-order valence-electron chi connectivity index (χ2n) is 6.82. The van der Waals surface area contributed by atoms with Crippen LogP contribution in [0.3, 0.4) is 0 Å². The topological polar surface area (TPSA) is 81.2 Å². The summed E-state index contributed by atoms with van der Waals surface area (Å²) in [6, 6.07) is 5.69. The molecule has 0 aliphatic carbocycles. The Morgan fingerprint density at radius 1 is 1.52 bits per heavy atom. The number of carbonyl (C=O) groups excluding carboxylic acids is 1. The van der Waals surface area contributed by atoms with Crippen molar-refractivity contribution >= 4 is 17.1 Å². The van der Waals surface area contributed by atoms with Crippen LogP contribution in [-0.4, -0.2) is 44.2 Å². The Morgan fingerprint density at radius 3 is 3.00 bits per heavy atom. The summed E-state index contributed by atoms with van der Waals surface area (Å²) >= 11 is 0. The van der Waals surface area contributed by atoms with Crippen LogP contribution in [0, 0.1) is 6.92 Å². The quantitative estimate of drug-likeness (QED) is 0.813. The van der Waals surface area contributed by atoms with Crippen LogP contribution in [0.1, 0.15) is 38.1 Å². The number of fused-ring (bicyclic) bond motifs is 1. The van der Waals surface area contributed by atoms with Gasteiger partial charge in [0.05, 0.1) is 29.2 Å². The molecule has 6 nitrogen and oxygen atoms in total. The number of imidazole rings is 1. The molecule has 6 heteroatoms. The van der Waals surface area contributed by atoms with E-state index in [0.29, 0.717) is 13.1 Å². The van der Waals surface area contributed by atoms with E-state index in [1.54, 1.807) is 18.7 Å². The van der Waals surface area contributed by atoms with E-state index >= 15 is 0 Å². The van der Waals surface area contributed by atoms with Gasteiger partial charge >= 0.3 is 6.03 Å². The van der Waals surface area contributed by atoms with Crippen LogP contribution in [0.15, 0.2) is 18.2 Å². The van der Waals surface area contributed by atoms with Crippen molar-refractivity contribution in [3.8, 4) is 0 Å². The fourth-order valence-corrected chi connectivity index (χ4v) is 3.32. The largest absolute Gasteiger partial charge is 0.388 e. The molecule has 2 aromatic rings. The van der Waals surface area contributed by atoms with Crippen LogP contribution in [0.25, 0.3) is 11.0 Å². The molecule has 0 radical (unpaired) electrons. The van der Waals surface area contributed by atoms with Crippen molar-refractivity contribution in [3.63, 3.8) is 0 Å². The summed E-state index contributed by atoms with van der Waals surface area (Å²) in [5.74, 6) is 0.738. The second-order valence-corrected chi connectivity index (χ2v) is 6.82. The zero-order chi connectivity index (χ0) is 16.6. The van der Waals surface area contributed by atoms with Crippen molar-refractivity contribution in [1.29, 1.82) is 0 Å². The van der Waals surface area contributed by atoms with Crippen LogP contribution in [0.5, 0.6) is 0 Å². The molecule has 1 atom stereocenters. The molecular weight excluding hydrogens is 292 g/mol. The number of benzene rings is 1. The third-order valence-corrected chi connectivity index (χ3v) is 4.50. The molecule has 0 unspecified atom stereocenters. The number of H-pyrrole nitrogens is 1. The van der Waals surface area contributed by atoms with Crippen molar-refractivity contribution in [1.82, 2.24) is 20.2 Å². The SMILES string of the molecule is Cc1cccc2[nH]c(CNC(=O)N3CCC[C@H]3C(C)(C)O)nc12. The minimum absolute atomic E-state index is 0.139. The van der Waals surface area contributed by atoms with Gasteiger partial charge in [0.1, 0.15) is 5.82 Å². The van der Waals surface area contributed by atoms with E-state index in [2.05, 4.69) is 15.3 Å². The molecule has 1 fully saturated rings. The van der Waals surface area contributed by atoms with Crippen molar-refractivity contribution in [2.45, 2.75) is 51.8 Å². The van der Waals surface area contributed by atoms with Crippen LogP contribution >= 0.6 is 0 Å². The molecule has 1 saturated heterocycles. The number of para-hydroxylation sites is 1. The van der Waals surface area contributed by atoms with Gasteiger partial charge in [-0.05, 0) is 45.2 Å². The predicted molar refractivity (Wildman–Crippen MR) is 89.1 cm³/mol. The molecule has 23 heavy (non-hydrogen) atoms. The van der Waals surface area contributed by atoms with Gasteiger partial charge in [-0.15, -0.1) is 0 Å².